The molecule has 0 N–H and O–H groups in total. The molecule has 1 atom stereocenters. The van der Waals surface area contributed by atoms with Crippen molar-refractivity contribution in [2.75, 3.05) is 6.61 Å². The van der Waals surface area contributed by atoms with Crippen LogP contribution in [0.1, 0.15) is 22.9 Å². The summed E-state index contributed by atoms with van der Waals surface area (Å²) < 4.78 is 11.0. The molecule has 1 unspecified atom stereocenters. The Morgan fingerprint density at radius 3 is 3.10 bits per heavy atom. The van der Waals surface area contributed by atoms with Crippen molar-refractivity contribution < 1.29 is 9.26 Å². The second-order valence-electron chi connectivity index (χ2n) is 4.63. The Balaban J connectivity index is 1.72. The molecule has 0 saturated heterocycles. The van der Waals surface area contributed by atoms with E-state index in [2.05, 4.69) is 16.2 Å². The molecule has 5 nitrogen and oxygen atoms in total. The van der Waals surface area contributed by atoms with Crippen LogP contribution in [0.5, 0.6) is 5.75 Å². The number of hydrogen-bond donors (Lipinski definition) is 0. The summed E-state index contributed by atoms with van der Waals surface area (Å²) in [5.41, 5.74) is 1.62. The summed E-state index contributed by atoms with van der Waals surface area (Å²) >= 11 is 1.42. The van der Waals surface area contributed by atoms with Crippen LogP contribution < -0.4 is 4.74 Å². The van der Waals surface area contributed by atoms with Crippen molar-refractivity contribution in [3.05, 3.63) is 52.7 Å². The molecular weight excluding hydrogens is 286 g/mol. The third-order valence-electron chi connectivity index (χ3n) is 3.43. The minimum atomic E-state index is -0.0239. The number of rotatable bonds is 2. The maximum absolute atomic E-state index is 9.06. The molecule has 0 bridgehead atoms. The van der Waals surface area contributed by atoms with E-state index in [9.17, 15) is 0 Å². The molecule has 3 aromatic rings. The van der Waals surface area contributed by atoms with Crippen LogP contribution in [0.4, 0.5) is 0 Å². The highest BCUT2D eigenvalue weighted by molar-refractivity contribution is 7.13. The predicted octanol–water partition coefficient (Wildman–Crippen LogP) is 3.19. The maximum atomic E-state index is 9.06. The summed E-state index contributed by atoms with van der Waals surface area (Å²) in [5.74, 6) is 1.82. The zero-order chi connectivity index (χ0) is 14.2. The Labute approximate surface area is 124 Å². The molecule has 1 aliphatic heterocycles. The van der Waals surface area contributed by atoms with Gasteiger partial charge in [-0.15, -0.1) is 11.3 Å². The van der Waals surface area contributed by atoms with Gasteiger partial charge in [-0.05, 0) is 17.5 Å². The number of nitrogens with zero attached hydrogens (tertiary/aromatic N) is 3. The average Bonchev–Trinajstić information content (AvgIpc) is 3.24. The fourth-order valence-corrected chi connectivity index (χ4v) is 3.17. The second-order valence-corrected chi connectivity index (χ2v) is 5.55. The topological polar surface area (TPSA) is 71.9 Å². The summed E-state index contributed by atoms with van der Waals surface area (Å²) in [7, 11) is 0. The lowest BCUT2D eigenvalue weighted by molar-refractivity contribution is 0.335. The highest BCUT2D eigenvalue weighted by Crippen LogP contribution is 2.37. The second kappa shape index (κ2) is 4.72. The quantitative estimate of drug-likeness (QED) is 0.726. The van der Waals surface area contributed by atoms with E-state index in [1.807, 2.05) is 29.6 Å². The van der Waals surface area contributed by atoms with Gasteiger partial charge in [0.2, 0.25) is 0 Å². The number of ether oxygens (including phenoxy) is 1. The van der Waals surface area contributed by atoms with Crippen molar-refractivity contribution >= 4 is 11.3 Å². The Hall–Kier alpha value is -2.65. The van der Waals surface area contributed by atoms with Gasteiger partial charge in [0.1, 0.15) is 23.3 Å². The van der Waals surface area contributed by atoms with Gasteiger partial charge in [-0.2, -0.15) is 10.2 Å². The molecule has 0 aliphatic carbocycles. The van der Waals surface area contributed by atoms with Gasteiger partial charge in [0, 0.05) is 5.56 Å². The highest BCUT2D eigenvalue weighted by atomic mass is 32.1. The first-order chi connectivity index (χ1) is 10.4. The summed E-state index contributed by atoms with van der Waals surface area (Å²) in [6.45, 7) is 0.508. The van der Waals surface area contributed by atoms with Gasteiger partial charge in [0.25, 0.3) is 5.89 Å². The zero-order valence-electron chi connectivity index (χ0n) is 10.8. The largest absolute Gasteiger partial charge is 0.492 e. The Morgan fingerprint density at radius 2 is 2.19 bits per heavy atom. The van der Waals surface area contributed by atoms with E-state index >= 15 is 0 Å². The van der Waals surface area contributed by atoms with Crippen molar-refractivity contribution in [1.29, 1.82) is 5.26 Å². The predicted molar refractivity (Wildman–Crippen MR) is 76.1 cm³/mol. The number of thiophene rings is 1. The molecule has 1 aliphatic rings. The van der Waals surface area contributed by atoms with Gasteiger partial charge in [-0.25, -0.2) is 0 Å². The number of hydrogen-bond acceptors (Lipinski definition) is 6. The lowest BCUT2D eigenvalue weighted by Gasteiger charge is -2.01. The standard InChI is InChI=1S/C15H9N3O2S/c16-7-9-5-6-21-13(9)15-17-14(18-20-15)11-8-19-12-4-2-1-3-10(11)12/h1-6,11H,8H2. The number of nitriles is 1. The lowest BCUT2D eigenvalue weighted by Crippen LogP contribution is -2.04. The Kier molecular flexibility index (Phi) is 2.72. The normalized spacial score (nSPS) is 16.2. The van der Waals surface area contributed by atoms with E-state index in [0.29, 0.717) is 28.8 Å². The summed E-state index contributed by atoms with van der Waals surface area (Å²) in [6.07, 6.45) is 0. The smallest absolute Gasteiger partial charge is 0.269 e. The lowest BCUT2D eigenvalue weighted by atomic mass is 10.0. The monoisotopic (exact) mass is 295 g/mol. The summed E-state index contributed by atoms with van der Waals surface area (Å²) in [5, 5.41) is 15.0. The Morgan fingerprint density at radius 1 is 1.29 bits per heavy atom. The fourth-order valence-electron chi connectivity index (χ4n) is 2.41. The SMILES string of the molecule is N#Cc1ccsc1-c1nc(C2COc3ccccc32)no1. The van der Waals surface area contributed by atoms with Gasteiger partial charge in [0.05, 0.1) is 11.5 Å². The molecule has 102 valence electrons. The third kappa shape index (κ3) is 1.90. The van der Waals surface area contributed by atoms with Crippen LogP contribution in [-0.2, 0) is 0 Å². The molecule has 0 amide bonds. The van der Waals surface area contributed by atoms with Crippen molar-refractivity contribution in [3.63, 3.8) is 0 Å². The van der Waals surface area contributed by atoms with Gasteiger partial charge in [-0.3, -0.25) is 0 Å². The highest BCUT2D eigenvalue weighted by Gasteiger charge is 2.30. The van der Waals surface area contributed by atoms with E-state index in [0.717, 1.165) is 11.3 Å². The Bertz CT molecular complexity index is 846. The van der Waals surface area contributed by atoms with Crippen LogP contribution in [0, 0.1) is 11.3 Å². The van der Waals surface area contributed by atoms with Crippen molar-refractivity contribution in [2.24, 2.45) is 0 Å². The van der Waals surface area contributed by atoms with Crippen LogP contribution in [0.15, 0.2) is 40.2 Å². The molecule has 0 radical (unpaired) electrons. The molecule has 0 saturated carbocycles. The zero-order valence-corrected chi connectivity index (χ0v) is 11.6. The molecule has 1 aromatic carbocycles. The number of aromatic nitrogens is 2. The van der Waals surface area contributed by atoms with Crippen molar-refractivity contribution in [1.82, 2.24) is 10.1 Å². The third-order valence-corrected chi connectivity index (χ3v) is 4.34. The summed E-state index contributed by atoms with van der Waals surface area (Å²) in [6, 6.07) is 11.7. The number of fused-ring (bicyclic) bond motifs is 1. The van der Waals surface area contributed by atoms with Crippen LogP contribution >= 0.6 is 11.3 Å². The first-order valence-corrected chi connectivity index (χ1v) is 7.28. The summed E-state index contributed by atoms with van der Waals surface area (Å²) in [4.78, 5) is 5.16. The van der Waals surface area contributed by atoms with Crippen LogP contribution in [-0.4, -0.2) is 16.7 Å². The van der Waals surface area contributed by atoms with Gasteiger partial charge >= 0.3 is 0 Å². The van der Waals surface area contributed by atoms with Crippen LogP contribution in [0.2, 0.25) is 0 Å². The molecule has 0 spiro atoms. The van der Waals surface area contributed by atoms with Gasteiger partial charge < -0.3 is 9.26 Å². The average molecular weight is 295 g/mol. The molecule has 4 rings (SSSR count). The molecule has 3 heterocycles. The number of benzene rings is 1. The molecule has 2 aromatic heterocycles. The first kappa shape index (κ1) is 12.1. The number of para-hydroxylation sites is 1. The fraction of sp³-hybridized carbons (Fsp3) is 0.133. The van der Waals surface area contributed by atoms with E-state index < -0.39 is 0 Å². The molecule has 6 heteroatoms. The van der Waals surface area contributed by atoms with E-state index in [-0.39, 0.29) is 5.92 Å². The maximum Gasteiger partial charge on any atom is 0.269 e. The minimum Gasteiger partial charge on any atom is -0.492 e. The van der Waals surface area contributed by atoms with E-state index in [4.69, 9.17) is 14.5 Å². The molecular formula is C15H9N3O2S. The minimum absolute atomic E-state index is 0.0239. The van der Waals surface area contributed by atoms with Crippen LogP contribution in [0.3, 0.4) is 0 Å². The first-order valence-electron chi connectivity index (χ1n) is 6.40. The van der Waals surface area contributed by atoms with E-state index in [1.165, 1.54) is 11.3 Å². The van der Waals surface area contributed by atoms with Crippen molar-refractivity contribution in [3.8, 4) is 22.6 Å². The van der Waals surface area contributed by atoms with Gasteiger partial charge in [-0.1, -0.05) is 23.4 Å². The van der Waals surface area contributed by atoms with Crippen molar-refractivity contribution in [2.45, 2.75) is 5.92 Å². The van der Waals surface area contributed by atoms with E-state index in [1.54, 1.807) is 6.07 Å². The van der Waals surface area contributed by atoms with Crippen LogP contribution in [0.25, 0.3) is 10.8 Å². The molecule has 21 heavy (non-hydrogen) atoms. The molecule has 0 fully saturated rings. The van der Waals surface area contributed by atoms with Gasteiger partial charge in [0.15, 0.2) is 5.82 Å².